The zero-order chi connectivity index (χ0) is 11.7. The Morgan fingerprint density at radius 1 is 1.00 bits per heavy atom. The number of aryl methyl sites for hydroxylation is 1. The topological polar surface area (TPSA) is 9.23 Å². The molecular weight excluding hydrogens is 210 g/mol. The number of hydrogen-bond acceptors (Lipinski definition) is 1. The normalized spacial score (nSPS) is 10.8. The van der Waals surface area contributed by atoms with E-state index in [1.54, 1.807) is 19.9 Å². The molecule has 0 unspecified atom stereocenters. The van der Waals surface area contributed by atoms with Crippen LogP contribution in [0.1, 0.15) is 12.5 Å². The highest BCUT2D eigenvalue weighted by Gasteiger charge is 2.07. The van der Waals surface area contributed by atoms with Gasteiger partial charge >= 0.3 is 0 Å². The van der Waals surface area contributed by atoms with Crippen LogP contribution >= 0.6 is 0 Å². The van der Waals surface area contributed by atoms with Crippen LogP contribution in [0.5, 0.6) is 5.75 Å². The number of benzene rings is 2. The predicted molar refractivity (Wildman–Crippen MR) is 59.8 cm³/mol. The largest absolute Gasteiger partial charge is 0.491 e. The first-order valence-electron chi connectivity index (χ1n) is 5.14. The summed E-state index contributed by atoms with van der Waals surface area (Å²) in [5, 5.41) is 1.33. The Bertz CT molecular complexity index is 535. The molecule has 0 aliphatic heterocycles. The van der Waals surface area contributed by atoms with Crippen molar-refractivity contribution in [2.24, 2.45) is 0 Å². The molecule has 84 valence electrons. The van der Waals surface area contributed by atoms with Gasteiger partial charge in [0.1, 0.15) is 5.82 Å². The third-order valence-electron chi connectivity index (χ3n) is 2.47. The van der Waals surface area contributed by atoms with Gasteiger partial charge in [0.15, 0.2) is 11.6 Å². The van der Waals surface area contributed by atoms with Gasteiger partial charge in [-0.05, 0) is 54.4 Å². The summed E-state index contributed by atoms with van der Waals surface area (Å²) in [5.74, 6) is -0.542. The summed E-state index contributed by atoms with van der Waals surface area (Å²) in [6, 6.07) is 5.92. The summed E-state index contributed by atoms with van der Waals surface area (Å²) in [5.41, 5.74) is 0.510. The van der Waals surface area contributed by atoms with Gasteiger partial charge in [-0.1, -0.05) is 0 Å². The maximum atomic E-state index is 13.5. The second kappa shape index (κ2) is 4.08. The molecule has 0 aliphatic rings. The van der Waals surface area contributed by atoms with Crippen molar-refractivity contribution in [2.75, 3.05) is 6.61 Å². The zero-order valence-corrected chi connectivity index (χ0v) is 9.18. The highest BCUT2D eigenvalue weighted by atomic mass is 19.1. The van der Waals surface area contributed by atoms with Crippen LogP contribution in [0.15, 0.2) is 24.3 Å². The molecule has 0 saturated heterocycles. The first-order valence-corrected chi connectivity index (χ1v) is 5.14. The van der Waals surface area contributed by atoms with E-state index < -0.39 is 5.82 Å². The highest BCUT2D eigenvalue weighted by molar-refractivity contribution is 5.84. The van der Waals surface area contributed by atoms with Crippen molar-refractivity contribution in [1.29, 1.82) is 0 Å². The van der Waals surface area contributed by atoms with Crippen LogP contribution in [0.3, 0.4) is 0 Å². The summed E-state index contributed by atoms with van der Waals surface area (Å²) in [7, 11) is 0. The minimum absolute atomic E-state index is 0.165. The number of hydrogen-bond donors (Lipinski definition) is 0. The molecule has 3 heteroatoms. The monoisotopic (exact) mass is 222 g/mol. The Balaban J connectivity index is 2.65. The third-order valence-corrected chi connectivity index (χ3v) is 2.47. The lowest BCUT2D eigenvalue weighted by atomic mass is 10.1. The molecule has 2 rings (SSSR count). The van der Waals surface area contributed by atoms with Crippen LogP contribution in [0.2, 0.25) is 0 Å². The maximum absolute atomic E-state index is 13.5. The number of rotatable bonds is 2. The quantitative estimate of drug-likeness (QED) is 0.750. The van der Waals surface area contributed by atoms with Crippen molar-refractivity contribution in [3.05, 3.63) is 41.5 Å². The van der Waals surface area contributed by atoms with Gasteiger partial charge in [0.2, 0.25) is 0 Å². The minimum atomic E-state index is -0.416. The number of halogens is 2. The molecule has 0 bridgehead atoms. The van der Waals surface area contributed by atoms with Gasteiger partial charge in [-0.3, -0.25) is 0 Å². The van der Waals surface area contributed by atoms with E-state index in [4.69, 9.17) is 4.74 Å². The fraction of sp³-hybridized carbons (Fsp3) is 0.231. The van der Waals surface area contributed by atoms with Crippen LogP contribution in [-0.2, 0) is 0 Å². The van der Waals surface area contributed by atoms with Crippen LogP contribution in [-0.4, -0.2) is 6.61 Å². The van der Waals surface area contributed by atoms with Crippen molar-refractivity contribution >= 4 is 10.8 Å². The highest BCUT2D eigenvalue weighted by Crippen LogP contribution is 2.26. The summed E-state index contributed by atoms with van der Waals surface area (Å²) in [6.07, 6.45) is 0. The van der Waals surface area contributed by atoms with Crippen molar-refractivity contribution < 1.29 is 13.5 Å². The van der Waals surface area contributed by atoms with E-state index >= 15 is 0 Å². The van der Waals surface area contributed by atoms with Crippen molar-refractivity contribution in [3.63, 3.8) is 0 Å². The number of fused-ring (bicyclic) bond motifs is 1. The molecule has 0 aliphatic carbocycles. The molecule has 1 nitrogen and oxygen atoms in total. The molecule has 0 radical (unpaired) electrons. The van der Waals surface area contributed by atoms with Gasteiger partial charge in [-0.2, -0.15) is 0 Å². The molecular formula is C13H12F2O. The van der Waals surface area contributed by atoms with Crippen molar-refractivity contribution in [3.8, 4) is 5.75 Å². The van der Waals surface area contributed by atoms with Gasteiger partial charge in [-0.15, -0.1) is 0 Å². The van der Waals surface area contributed by atoms with Gasteiger partial charge in [0.25, 0.3) is 0 Å². The Hall–Kier alpha value is -1.64. The second-order valence-corrected chi connectivity index (χ2v) is 3.66. The third kappa shape index (κ3) is 1.85. The Kier molecular flexibility index (Phi) is 2.77. The van der Waals surface area contributed by atoms with Crippen LogP contribution in [0.4, 0.5) is 8.78 Å². The van der Waals surface area contributed by atoms with Crippen LogP contribution in [0.25, 0.3) is 10.8 Å². The van der Waals surface area contributed by atoms with Crippen molar-refractivity contribution in [1.82, 2.24) is 0 Å². The molecule has 0 spiro atoms. The fourth-order valence-corrected chi connectivity index (χ4v) is 1.65. The average Bonchev–Trinajstić information content (AvgIpc) is 2.23. The molecule has 0 heterocycles. The molecule has 16 heavy (non-hydrogen) atoms. The Labute approximate surface area is 92.7 Å². The lowest BCUT2D eigenvalue weighted by Crippen LogP contribution is -1.95. The molecule has 0 aromatic heterocycles. The van der Waals surface area contributed by atoms with Gasteiger partial charge in [0.05, 0.1) is 6.61 Å². The first-order chi connectivity index (χ1) is 7.61. The fourth-order valence-electron chi connectivity index (χ4n) is 1.65. The van der Waals surface area contributed by atoms with E-state index in [0.717, 1.165) is 0 Å². The van der Waals surface area contributed by atoms with Crippen LogP contribution in [0, 0.1) is 18.6 Å². The summed E-state index contributed by atoms with van der Waals surface area (Å²) in [6.45, 7) is 3.82. The van der Waals surface area contributed by atoms with E-state index in [-0.39, 0.29) is 11.6 Å². The van der Waals surface area contributed by atoms with Gasteiger partial charge < -0.3 is 4.74 Å². The molecule has 0 saturated carbocycles. The smallest absolute Gasteiger partial charge is 0.165 e. The molecule has 2 aromatic carbocycles. The lowest BCUT2D eigenvalue weighted by Gasteiger charge is -2.07. The van der Waals surface area contributed by atoms with Gasteiger partial charge in [-0.25, -0.2) is 8.78 Å². The van der Waals surface area contributed by atoms with Gasteiger partial charge in [0, 0.05) is 0 Å². The summed E-state index contributed by atoms with van der Waals surface area (Å²) in [4.78, 5) is 0. The minimum Gasteiger partial charge on any atom is -0.491 e. The zero-order valence-electron chi connectivity index (χ0n) is 9.18. The van der Waals surface area contributed by atoms with Crippen molar-refractivity contribution in [2.45, 2.75) is 13.8 Å². The molecule has 0 atom stereocenters. The Morgan fingerprint density at radius 2 is 1.62 bits per heavy atom. The Morgan fingerprint density at radius 3 is 2.31 bits per heavy atom. The van der Waals surface area contributed by atoms with E-state index in [1.807, 2.05) is 0 Å². The second-order valence-electron chi connectivity index (χ2n) is 3.66. The molecule has 0 fully saturated rings. The SMILES string of the molecule is CCOc1cc2cc(F)c(C)cc2cc1F. The summed E-state index contributed by atoms with van der Waals surface area (Å²) < 4.78 is 32.0. The van der Waals surface area contributed by atoms with E-state index in [1.165, 1.54) is 18.2 Å². The lowest BCUT2D eigenvalue weighted by molar-refractivity contribution is 0.322. The summed E-state index contributed by atoms with van der Waals surface area (Å²) >= 11 is 0. The molecule has 0 N–H and O–H groups in total. The van der Waals surface area contributed by atoms with E-state index in [0.29, 0.717) is 22.9 Å². The number of ether oxygens (including phenoxy) is 1. The average molecular weight is 222 g/mol. The molecule has 0 amide bonds. The predicted octanol–water partition coefficient (Wildman–Crippen LogP) is 3.83. The van der Waals surface area contributed by atoms with Crippen LogP contribution < -0.4 is 4.74 Å². The standard InChI is InChI=1S/C13H12F2O/c1-3-16-13-7-10-5-11(14)8(2)4-9(10)6-12(13)15/h4-7H,3H2,1-2H3. The van der Waals surface area contributed by atoms with E-state index in [9.17, 15) is 8.78 Å². The maximum Gasteiger partial charge on any atom is 0.165 e. The van der Waals surface area contributed by atoms with E-state index in [2.05, 4.69) is 0 Å². The first kappa shape index (κ1) is 10.9. The molecule has 2 aromatic rings.